The summed E-state index contributed by atoms with van der Waals surface area (Å²) in [6.45, 7) is 7.01. The molecular formula is C18H21N3O3S. The number of nitrogens with one attached hydrogen (secondary N) is 1. The van der Waals surface area contributed by atoms with E-state index in [2.05, 4.69) is 5.43 Å². The maximum Gasteiger partial charge on any atom is 0.360 e. The van der Waals surface area contributed by atoms with Gasteiger partial charge in [0.25, 0.3) is 0 Å². The van der Waals surface area contributed by atoms with E-state index in [1.165, 1.54) is 11.8 Å². The molecule has 1 heterocycles. The third-order valence-electron chi connectivity index (χ3n) is 4.00. The van der Waals surface area contributed by atoms with E-state index in [9.17, 15) is 10.0 Å². The highest BCUT2D eigenvalue weighted by Crippen LogP contribution is 2.51. The van der Waals surface area contributed by atoms with Crippen molar-refractivity contribution in [3.63, 3.8) is 0 Å². The molecule has 7 heteroatoms. The molecule has 1 aliphatic rings. The Balaban J connectivity index is 1.94. The van der Waals surface area contributed by atoms with Gasteiger partial charge in [-0.05, 0) is 30.7 Å². The minimum atomic E-state index is -0.598. The molecule has 0 unspecified atom stereocenters. The normalized spacial score (nSPS) is 12.2. The molecule has 0 saturated heterocycles. The predicted molar refractivity (Wildman–Crippen MR) is 97.5 cm³/mol. The molecule has 0 atom stereocenters. The van der Waals surface area contributed by atoms with E-state index in [4.69, 9.17) is 4.74 Å². The van der Waals surface area contributed by atoms with Gasteiger partial charge in [0.2, 0.25) is 0 Å². The molecule has 0 aliphatic carbocycles. The first-order valence-electron chi connectivity index (χ1n) is 8.18. The molecule has 3 rings (SSSR count). The molecule has 2 aromatic rings. The van der Waals surface area contributed by atoms with Crippen LogP contribution in [-0.2, 0) is 0 Å². The summed E-state index contributed by atoms with van der Waals surface area (Å²) < 4.78 is 5.93. The van der Waals surface area contributed by atoms with Gasteiger partial charge in [0.1, 0.15) is 11.5 Å². The molecule has 2 aromatic carbocycles. The summed E-state index contributed by atoms with van der Waals surface area (Å²) in [6, 6.07) is 10.8. The lowest BCUT2D eigenvalue weighted by Crippen LogP contribution is -2.48. The van der Waals surface area contributed by atoms with E-state index >= 15 is 0 Å². The van der Waals surface area contributed by atoms with Crippen molar-refractivity contribution in [2.75, 3.05) is 18.2 Å². The Morgan fingerprint density at radius 2 is 1.88 bits per heavy atom. The van der Waals surface area contributed by atoms with E-state index in [1.807, 2.05) is 57.2 Å². The van der Waals surface area contributed by atoms with Crippen LogP contribution in [0, 0.1) is 6.92 Å². The molecule has 0 saturated carbocycles. The minimum absolute atomic E-state index is 0.432. The molecule has 0 spiro atoms. The fraction of sp³-hybridized carbons (Fsp3) is 0.278. The Morgan fingerprint density at radius 1 is 1.16 bits per heavy atom. The zero-order valence-corrected chi connectivity index (χ0v) is 15.3. The van der Waals surface area contributed by atoms with E-state index in [-0.39, 0.29) is 0 Å². The molecule has 6 nitrogen and oxygen atoms in total. The van der Waals surface area contributed by atoms with E-state index in [0.29, 0.717) is 29.6 Å². The second-order valence-corrected chi connectivity index (χ2v) is 6.66. The Hall–Kier alpha value is -2.22. The molecular weight excluding hydrogens is 338 g/mol. The van der Waals surface area contributed by atoms with Crippen molar-refractivity contribution >= 4 is 23.5 Å². The number of carbonyl (C=O) groups is 1. The number of carbonyl (C=O) groups excluding carboxylic acids is 1. The zero-order valence-electron chi connectivity index (χ0n) is 14.4. The van der Waals surface area contributed by atoms with Crippen molar-refractivity contribution in [3.8, 4) is 11.5 Å². The number of hydrogen-bond acceptors (Lipinski definition) is 5. The molecule has 0 bridgehead atoms. The average Bonchev–Trinajstić information content (AvgIpc) is 2.63. The van der Waals surface area contributed by atoms with Crippen molar-refractivity contribution in [2.45, 2.75) is 30.6 Å². The summed E-state index contributed by atoms with van der Waals surface area (Å²) in [7, 11) is 0. The largest absolute Gasteiger partial charge is 0.455 e. The van der Waals surface area contributed by atoms with Gasteiger partial charge in [-0.3, -0.25) is 10.6 Å². The van der Waals surface area contributed by atoms with E-state index in [0.717, 1.165) is 21.1 Å². The second kappa shape index (κ2) is 7.35. The number of amides is 2. The molecule has 2 amide bonds. The SMILES string of the molecule is CCN(CC)NC(=O)N(O)c1c(C)ccc2c1Sc1ccccc1O2. The molecule has 0 radical (unpaired) electrons. The third-order valence-corrected chi connectivity index (χ3v) is 5.16. The molecule has 0 aromatic heterocycles. The summed E-state index contributed by atoms with van der Waals surface area (Å²) in [6.07, 6.45) is 0. The first kappa shape index (κ1) is 17.6. The van der Waals surface area contributed by atoms with Crippen molar-refractivity contribution < 1.29 is 14.7 Å². The fourth-order valence-corrected chi connectivity index (χ4v) is 3.74. The standard InChI is InChI=1S/C18H21N3O3S/c1-4-20(5-2)19-18(22)21(23)16-12(3)10-11-14-17(16)25-15-9-7-6-8-13(15)24-14/h6-11,23H,4-5H2,1-3H3,(H,19,22). The molecule has 25 heavy (non-hydrogen) atoms. The predicted octanol–water partition coefficient (Wildman–Crippen LogP) is 4.41. The van der Waals surface area contributed by atoms with Crippen LogP contribution in [0.15, 0.2) is 46.2 Å². The fourth-order valence-electron chi connectivity index (χ4n) is 2.61. The number of hydrazine groups is 1. The lowest BCUT2D eigenvalue weighted by atomic mass is 10.2. The molecule has 1 aliphatic heterocycles. The first-order chi connectivity index (χ1) is 12.0. The molecule has 132 valence electrons. The van der Waals surface area contributed by atoms with Gasteiger partial charge in [-0.15, -0.1) is 0 Å². The van der Waals surface area contributed by atoms with Crippen LogP contribution in [0.25, 0.3) is 0 Å². The second-order valence-electron chi connectivity index (χ2n) is 5.61. The highest BCUT2D eigenvalue weighted by atomic mass is 32.2. The van der Waals surface area contributed by atoms with Crippen LogP contribution in [0.5, 0.6) is 11.5 Å². The van der Waals surface area contributed by atoms with Gasteiger partial charge >= 0.3 is 6.03 Å². The maximum atomic E-state index is 12.4. The van der Waals surface area contributed by atoms with Crippen LogP contribution >= 0.6 is 11.8 Å². The minimum Gasteiger partial charge on any atom is -0.455 e. The van der Waals surface area contributed by atoms with Crippen LogP contribution in [0.2, 0.25) is 0 Å². The van der Waals surface area contributed by atoms with Gasteiger partial charge in [-0.25, -0.2) is 9.80 Å². The Bertz CT molecular complexity index is 793. The van der Waals surface area contributed by atoms with Gasteiger partial charge in [0.15, 0.2) is 0 Å². The number of benzene rings is 2. The van der Waals surface area contributed by atoms with Gasteiger partial charge < -0.3 is 4.74 Å². The number of ether oxygens (including phenoxy) is 1. The summed E-state index contributed by atoms with van der Waals surface area (Å²) in [5.41, 5.74) is 3.90. The Kier molecular flexibility index (Phi) is 5.17. The Morgan fingerprint density at radius 3 is 2.60 bits per heavy atom. The lowest BCUT2D eigenvalue weighted by Gasteiger charge is -2.28. The van der Waals surface area contributed by atoms with Crippen molar-refractivity contribution in [2.24, 2.45) is 0 Å². The van der Waals surface area contributed by atoms with Gasteiger partial charge in [-0.2, -0.15) is 5.06 Å². The smallest absolute Gasteiger partial charge is 0.360 e. The topological polar surface area (TPSA) is 65.0 Å². The van der Waals surface area contributed by atoms with Crippen LogP contribution in [0.4, 0.5) is 10.5 Å². The summed E-state index contributed by atoms with van der Waals surface area (Å²) in [4.78, 5) is 14.1. The first-order valence-corrected chi connectivity index (χ1v) is 8.99. The number of fused-ring (bicyclic) bond motifs is 2. The number of hydrogen-bond donors (Lipinski definition) is 2. The van der Waals surface area contributed by atoms with Crippen LogP contribution in [-0.4, -0.2) is 29.3 Å². The van der Waals surface area contributed by atoms with Crippen molar-refractivity contribution in [3.05, 3.63) is 42.0 Å². The third kappa shape index (κ3) is 3.44. The van der Waals surface area contributed by atoms with Crippen molar-refractivity contribution in [1.82, 2.24) is 10.4 Å². The zero-order chi connectivity index (χ0) is 18.0. The molecule has 2 N–H and O–H groups in total. The number of urea groups is 1. The lowest BCUT2D eigenvalue weighted by molar-refractivity contribution is 0.162. The molecule has 0 fully saturated rings. The highest BCUT2D eigenvalue weighted by Gasteiger charge is 2.27. The van der Waals surface area contributed by atoms with Gasteiger partial charge in [0.05, 0.1) is 15.5 Å². The monoisotopic (exact) mass is 359 g/mol. The number of nitrogens with zero attached hydrogens (tertiary/aromatic N) is 2. The van der Waals surface area contributed by atoms with Crippen LogP contribution in [0.1, 0.15) is 19.4 Å². The van der Waals surface area contributed by atoms with Crippen LogP contribution in [0.3, 0.4) is 0 Å². The summed E-state index contributed by atoms with van der Waals surface area (Å²) in [5, 5.41) is 12.9. The number of para-hydroxylation sites is 1. The average molecular weight is 359 g/mol. The van der Waals surface area contributed by atoms with E-state index < -0.39 is 6.03 Å². The summed E-state index contributed by atoms with van der Waals surface area (Å²) in [5.74, 6) is 1.39. The Labute approximate surface area is 151 Å². The number of aryl methyl sites for hydroxylation is 1. The van der Waals surface area contributed by atoms with Crippen molar-refractivity contribution in [1.29, 1.82) is 0 Å². The number of rotatable bonds is 4. The summed E-state index contributed by atoms with van der Waals surface area (Å²) >= 11 is 1.48. The maximum absolute atomic E-state index is 12.4. The number of anilines is 1. The highest BCUT2D eigenvalue weighted by molar-refractivity contribution is 7.99. The van der Waals surface area contributed by atoms with Gasteiger partial charge in [-0.1, -0.05) is 43.8 Å². The van der Waals surface area contributed by atoms with Crippen LogP contribution < -0.4 is 15.2 Å². The quantitative estimate of drug-likeness (QED) is 0.533. The number of hydroxylamine groups is 1. The van der Waals surface area contributed by atoms with E-state index in [1.54, 1.807) is 5.01 Å². The van der Waals surface area contributed by atoms with Gasteiger partial charge in [0, 0.05) is 13.1 Å².